The van der Waals surface area contributed by atoms with Crippen molar-refractivity contribution in [2.75, 3.05) is 11.9 Å². The van der Waals surface area contributed by atoms with E-state index in [1.54, 1.807) is 0 Å². The maximum Gasteiger partial charge on any atom is 0.202 e. The van der Waals surface area contributed by atoms with Crippen LogP contribution in [0, 0.1) is 0 Å². The Morgan fingerprint density at radius 3 is 2.89 bits per heavy atom. The predicted octanol–water partition coefficient (Wildman–Crippen LogP) is 2.87. The van der Waals surface area contributed by atoms with Crippen molar-refractivity contribution < 1.29 is 9.47 Å². The molecule has 0 spiro atoms. The van der Waals surface area contributed by atoms with Crippen LogP contribution in [0.3, 0.4) is 0 Å². The van der Waals surface area contributed by atoms with E-state index in [1.165, 1.54) is 11.5 Å². The number of rotatable bonds is 3. The van der Waals surface area contributed by atoms with Crippen LogP contribution in [0.2, 0.25) is 0 Å². The second-order valence-corrected chi connectivity index (χ2v) is 5.37. The molecule has 6 heteroatoms. The summed E-state index contributed by atoms with van der Waals surface area (Å²) in [5.74, 6) is 2.18. The first-order chi connectivity index (χ1) is 9.22. The number of nitrogens with zero attached hydrogens (tertiary/aromatic N) is 2. The molecule has 0 bridgehead atoms. The number of aromatic nitrogens is 2. The summed E-state index contributed by atoms with van der Waals surface area (Å²) in [6, 6.07) is 7.97. The van der Waals surface area contributed by atoms with Gasteiger partial charge in [-0.05, 0) is 26.0 Å². The van der Waals surface area contributed by atoms with Crippen molar-refractivity contribution in [1.82, 2.24) is 9.36 Å². The molecule has 2 heterocycles. The zero-order valence-electron chi connectivity index (χ0n) is 10.8. The first-order valence-corrected chi connectivity index (χ1v) is 6.98. The molecule has 0 radical (unpaired) electrons. The van der Waals surface area contributed by atoms with E-state index in [2.05, 4.69) is 28.5 Å². The Labute approximate surface area is 115 Å². The predicted molar refractivity (Wildman–Crippen MR) is 74.0 cm³/mol. The fourth-order valence-corrected chi connectivity index (χ4v) is 2.58. The molecule has 1 atom stereocenters. The molecule has 0 saturated heterocycles. The van der Waals surface area contributed by atoms with Crippen LogP contribution < -0.4 is 14.8 Å². The summed E-state index contributed by atoms with van der Waals surface area (Å²) in [6.07, 6.45) is -0.242. The molecule has 1 unspecified atom stereocenters. The molecule has 1 aromatic carbocycles. The maximum atomic E-state index is 5.87. The van der Waals surface area contributed by atoms with Crippen LogP contribution in [0.15, 0.2) is 24.3 Å². The third kappa shape index (κ3) is 2.63. The minimum Gasteiger partial charge on any atom is -0.485 e. The SMILES string of the molecule is CC(C)Nc1nc(C2COc3ccccc3O2)ns1. The van der Waals surface area contributed by atoms with Crippen molar-refractivity contribution >= 4 is 16.7 Å². The van der Waals surface area contributed by atoms with Crippen molar-refractivity contribution in [3.8, 4) is 11.5 Å². The number of anilines is 1. The summed E-state index contributed by atoms with van der Waals surface area (Å²) in [7, 11) is 0. The van der Waals surface area contributed by atoms with Crippen molar-refractivity contribution in [3.63, 3.8) is 0 Å². The highest BCUT2D eigenvalue weighted by Gasteiger charge is 2.25. The lowest BCUT2D eigenvalue weighted by Gasteiger charge is -2.24. The van der Waals surface area contributed by atoms with Gasteiger partial charge in [0.25, 0.3) is 0 Å². The van der Waals surface area contributed by atoms with Gasteiger partial charge in [-0.15, -0.1) is 0 Å². The van der Waals surface area contributed by atoms with Crippen LogP contribution in [0.25, 0.3) is 0 Å². The molecule has 100 valence electrons. The third-order valence-corrected chi connectivity index (χ3v) is 3.31. The molecule has 19 heavy (non-hydrogen) atoms. The number of fused-ring (bicyclic) bond motifs is 1. The van der Waals surface area contributed by atoms with Gasteiger partial charge in [0.1, 0.15) is 6.61 Å². The van der Waals surface area contributed by atoms with Crippen molar-refractivity contribution in [3.05, 3.63) is 30.1 Å². The number of benzene rings is 1. The summed E-state index contributed by atoms with van der Waals surface area (Å²) >= 11 is 1.35. The van der Waals surface area contributed by atoms with Crippen molar-refractivity contribution in [2.24, 2.45) is 0 Å². The Bertz CT molecular complexity index is 571. The van der Waals surface area contributed by atoms with Gasteiger partial charge in [-0.3, -0.25) is 0 Å². The number of hydrogen-bond acceptors (Lipinski definition) is 6. The summed E-state index contributed by atoms with van der Waals surface area (Å²) < 4.78 is 15.9. The lowest BCUT2D eigenvalue weighted by Crippen LogP contribution is -2.22. The van der Waals surface area contributed by atoms with Crippen LogP contribution in [0.1, 0.15) is 25.8 Å². The average Bonchev–Trinajstić information content (AvgIpc) is 2.86. The van der Waals surface area contributed by atoms with Gasteiger partial charge in [-0.2, -0.15) is 9.36 Å². The molecule has 0 aliphatic carbocycles. The van der Waals surface area contributed by atoms with E-state index in [0.717, 1.165) is 16.6 Å². The van der Waals surface area contributed by atoms with E-state index in [0.29, 0.717) is 18.5 Å². The molecule has 2 aromatic rings. The second kappa shape index (κ2) is 5.05. The van der Waals surface area contributed by atoms with Crippen molar-refractivity contribution in [2.45, 2.75) is 26.0 Å². The van der Waals surface area contributed by atoms with Gasteiger partial charge < -0.3 is 14.8 Å². The molecule has 5 nitrogen and oxygen atoms in total. The Hall–Kier alpha value is -1.82. The van der Waals surface area contributed by atoms with Gasteiger partial charge >= 0.3 is 0 Å². The molecular formula is C13H15N3O2S. The minimum atomic E-state index is -0.242. The van der Waals surface area contributed by atoms with Gasteiger partial charge in [-0.1, -0.05) is 12.1 Å². The maximum absolute atomic E-state index is 5.87. The highest BCUT2D eigenvalue weighted by Crippen LogP contribution is 2.35. The fraction of sp³-hybridized carbons (Fsp3) is 0.385. The molecular weight excluding hydrogens is 262 g/mol. The van der Waals surface area contributed by atoms with Crippen LogP contribution >= 0.6 is 11.5 Å². The zero-order valence-corrected chi connectivity index (χ0v) is 11.6. The van der Waals surface area contributed by atoms with Gasteiger partial charge in [-0.25, -0.2) is 0 Å². The fourth-order valence-electron chi connectivity index (χ4n) is 1.82. The van der Waals surface area contributed by atoms with E-state index in [4.69, 9.17) is 9.47 Å². The Morgan fingerprint density at radius 2 is 2.11 bits per heavy atom. The molecule has 1 aliphatic rings. The Balaban J connectivity index is 1.76. The van der Waals surface area contributed by atoms with Gasteiger partial charge in [0, 0.05) is 17.6 Å². The number of para-hydroxylation sites is 2. The molecule has 0 fully saturated rings. The average molecular weight is 277 g/mol. The minimum absolute atomic E-state index is 0.242. The third-order valence-electron chi connectivity index (χ3n) is 2.65. The van der Waals surface area contributed by atoms with E-state index < -0.39 is 0 Å². The van der Waals surface area contributed by atoms with Gasteiger partial charge in [0.05, 0.1) is 0 Å². The van der Waals surface area contributed by atoms with E-state index in [9.17, 15) is 0 Å². The highest BCUT2D eigenvalue weighted by atomic mass is 32.1. The molecule has 1 aromatic heterocycles. The topological polar surface area (TPSA) is 56.3 Å². The monoisotopic (exact) mass is 277 g/mol. The molecule has 0 amide bonds. The second-order valence-electron chi connectivity index (χ2n) is 4.62. The normalized spacial score (nSPS) is 17.5. The van der Waals surface area contributed by atoms with E-state index >= 15 is 0 Å². The molecule has 1 aliphatic heterocycles. The largest absolute Gasteiger partial charge is 0.485 e. The van der Waals surface area contributed by atoms with Crippen LogP contribution in [0.5, 0.6) is 11.5 Å². The standard InChI is InChI=1S/C13H15N3O2S/c1-8(2)14-13-15-12(16-19-13)11-7-17-9-5-3-4-6-10(9)18-11/h3-6,8,11H,7H2,1-2H3,(H,14,15,16). The zero-order chi connectivity index (χ0) is 13.2. The first kappa shape index (κ1) is 12.2. The van der Waals surface area contributed by atoms with Crippen LogP contribution in [-0.2, 0) is 0 Å². The highest BCUT2D eigenvalue weighted by molar-refractivity contribution is 7.09. The Morgan fingerprint density at radius 1 is 1.32 bits per heavy atom. The van der Waals surface area contributed by atoms with Crippen molar-refractivity contribution in [1.29, 1.82) is 0 Å². The number of nitrogens with one attached hydrogen (secondary N) is 1. The summed E-state index contributed by atoms with van der Waals surface area (Å²) in [5, 5.41) is 4.04. The van der Waals surface area contributed by atoms with Gasteiger partial charge in [0.2, 0.25) is 5.13 Å². The van der Waals surface area contributed by atoms with E-state index in [1.807, 2.05) is 24.3 Å². The van der Waals surface area contributed by atoms with Gasteiger partial charge in [0.15, 0.2) is 23.4 Å². The number of hydrogen-bond donors (Lipinski definition) is 1. The Kier molecular flexibility index (Phi) is 3.25. The molecule has 1 N–H and O–H groups in total. The summed E-state index contributed by atoms with van der Waals surface area (Å²) in [4.78, 5) is 4.44. The molecule has 3 rings (SSSR count). The molecule has 0 saturated carbocycles. The number of ether oxygens (including phenoxy) is 2. The summed E-state index contributed by atoms with van der Waals surface area (Å²) in [5.41, 5.74) is 0. The quantitative estimate of drug-likeness (QED) is 0.935. The summed E-state index contributed by atoms with van der Waals surface area (Å²) in [6.45, 7) is 4.57. The first-order valence-electron chi connectivity index (χ1n) is 6.21. The smallest absolute Gasteiger partial charge is 0.202 e. The lowest BCUT2D eigenvalue weighted by molar-refractivity contribution is 0.0860. The van der Waals surface area contributed by atoms with Crippen LogP contribution in [-0.4, -0.2) is 22.0 Å². The lowest BCUT2D eigenvalue weighted by atomic mass is 10.2. The van der Waals surface area contributed by atoms with E-state index in [-0.39, 0.29) is 6.10 Å². The van der Waals surface area contributed by atoms with Crippen LogP contribution in [0.4, 0.5) is 5.13 Å².